The Morgan fingerprint density at radius 1 is 0.697 bits per heavy atom. The summed E-state index contributed by atoms with van der Waals surface area (Å²) in [5, 5.41) is 9.43. The lowest BCUT2D eigenvalue weighted by molar-refractivity contribution is 0.464. The summed E-state index contributed by atoms with van der Waals surface area (Å²) in [6.07, 6.45) is 9.83. The molecule has 2 aromatic carbocycles. The van der Waals surface area contributed by atoms with Gasteiger partial charge in [0.2, 0.25) is 0 Å². The van der Waals surface area contributed by atoms with Crippen molar-refractivity contribution in [2.24, 2.45) is 5.41 Å². The Labute approximate surface area is 192 Å². The van der Waals surface area contributed by atoms with Gasteiger partial charge in [0.05, 0.1) is 0 Å². The van der Waals surface area contributed by atoms with Gasteiger partial charge in [0.25, 0.3) is 0 Å². The number of ether oxygens (including phenoxy) is 1. The van der Waals surface area contributed by atoms with Crippen molar-refractivity contribution in [3.8, 4) is 40.0 Å². The molecule has 0 fully saturated rings. The van der Waals surface area contributed by atoms with E-state index in [9.17, 15) is 5.11 Å². The van der Waals surface area contributed by atoms with E-state index in [0.29, 0.717) is 29.0 Å². The molecule has 33 heavy (non-hydrogen) atoms. The molecule has 0 aliphatic heterocycles. The molecule has 0 spiro atoms. The molecule has 0 unspecified atom stereocenters. The minimum absolute atomic E-state index is 0.0355. The molecule has 6 nitrogen and oxygen atoms in total. The fourth-order valence-corrected chi connectivity index (χ4v) is 3.53. The van der Waals surface area contributed by atoms with Crippen LogP contribution in [0.3, 0.4) is 0 Å². The van der Waals surface area contributed by atoms with Crippen molar-refractivity contribution in [1.82, 2.24) is 19.9 Å². The highest BCUT2D eigenvalue weighted by Gasteiger charge is 2.21. The van der Waals surface area contributed by atoms with Gasteiger partial charge in [-0.25, -0.2) is 15.0 Å². The first-order valence-electron chi connectivity index (χ1n) is 10.6. The van der Waals surface area contributed by atoms with E-state index in [1.54, 1.807) is 36.7 Å². The highest BCUT2D eigenvalue weighted by Crippen LogP contribution is 2.33. The highest BCUT2D eigenvalue weighted by atomic mass is 16.5. The van der Waals surface area contributed by atoms with E-state index in [1.807, 2.05) is 36.4 Å². The molecule has 162 valence electrons. The van der Waals surface area contributed by atoms with E-state index in [4.69, 9.17) is 19.7 Å². The SMILES string of the molecule is CC1(C)C=CC(c2nc(-c3ccncc3)nc(-c3ccc(Oc4ccc(O)cc4)cc3)n2)=C1. The molecule has 6 heteroatoms. The van der Waals surface area contributed by atoms with Crippen molar-refractivity contribution in [1.29, 1.82) is 0 Å². The van der Waals surface area contributed by atoms with Crippen LogP contribution in [0.5, 0.6) is 17.2 Å². The summed E-state index contributed by atoms with van der Waals surface area (Å²) >= 11 is 0. The predicted octanol–water partition coefficient (Wildman–Crippen LogP) is 6.08. The number of phenols is 1. The Morgan fingerprint density at radius 3 is 1.82 bits per heavy atom. The summed E-state index contributed by atoms with van der Waals surface area (Å²) in [6.45, 7) is 4.30. The van der Waals surface area contributed by atoms with Gasteiger partial charge in [-0.1, -0.05) is 32.1 Å². The third kappa shape index (κ3) is 4.65. The lowest BCUT2D eigenvalue weighted by Gasteiger charge is -2.11. The molecular formula is C27H22N4O2. The summed E-state index contributed by atoms with van der Waals surface area (Å²) in [7, 11) is 0. The molecule has 1 aliphatic carbocycles. The number of benzene rings is 2. The molecule has 5 rings (SSSR count). The van der Waals surface area contributed by atoms with Crippen molar-refractivity contribution >= 4 is 5.57 Å². The van der Waals surface area contributed by atoms with Crippen LogP contribution < -0.4 is 4.74 Å². The first-order chi connectivity index (χ1) is 15.9. The second kappa shape index (κ2) is 8.31. The van der Waals surface area contributed by atoms with Crippen LogP contribution in [0, 0.1) is 5.41 Å². The zero-order valence-corrected chi connectivity index (χ0v) is 18.3. The molecule has 1 N–H and O–H groups in total. The number of allylic oxidation sites excluding steroid dienone is 4. The summed E-state index contributed by atoms with van der Waals surface area (Å²) in [4.78, 5) is 18.3. The van der Waals surface area contributed by atoms with Gasteiger partial charge < -0.3 is 9.84 Å². The van der Waals surface area contributed by atoms with E-state index < -0.39 is 0 Å². The average Bonchev–Trinajstić information content (AvgIpc) is 3.21. The zero-order chi connectivity index (χ0) is 22.8. The third-order valence-corrected chi connectivity index (χ3v) is 5.24. The highest BCUT2D eigenvalue weighted by molar-refractivity contribution is 5.76. The van der Waals surface area contributed by atoms with Gasteiger partial charge in [-0.05, 0) is 60.7 Å². The second-order valence-corrected chi connectivity index (χ2v) is 8.42. The molecule has 0 saturated heterocycles. The number of hydrogen-bond acceptors (Lipinski definition) is 6. The van der Waals surface area contributed by atoms with E-state index in [-0.39, 0.29) is 11.2 Å². The quantitative estimate of drug-likeness (QED) is 0.410. The lowest BCUT2D eigenvalue weighted by Crippen LogP contribution is -2.03. The lowest BCUT2D eigenvalue weighted by atomic mass is 9.96. The van der Waals surface area contributed by atoms with Gasteiger partial charge in [-0.3, -0.25) is 4.98 Å². The first kappa shape index (κ1) is 20.6. The topological polar surface area (TPSA) is 81.0 Å². The number of hydrogen-bond donors (Lipinski definition) is 1. The Balaban J connectivity index is 1.51. The predicted molar refractivity (Wildman–Crippen MR) is 128 cm³/mol. The first-order valence-corrected chi connectivity index (χ1v) is 10.6. The zero-order valence-electron chi connectivity index (χ0n) is 18.3. The molecule has 0 amide bonds. The molecule has 0 radical (unpaired) electrons. The van der Waals surface area contributed by atoms with Crippen LogP contribution in [-0.4, -0.2) is 25.0 Å². The maximum absolute atomic E-state index is 9.43. The molecule has 4 aromatic rings. The average molecular weight is 434 g/mol. The molecule has 2 aromatic heterocycles. The van der Waals surface area contributed by atoms with Crippen LogP contribution in [-0.2, 0) is 0 Å². The van der Waals surface area contributed by atoms with Crippen LogP contribution in [0.1, 0.15) is 19.7 Å². The minimum atomic E-state index is -0.0355. The van der Waals surface area contributed by atoms with Crippen LogP contribution >= 0.6 is 0 Å². The molecule has 2 heterocycles. The number of pyridine rings is 1. The molecule has 0 saturated carbocycles. The Kier molecular flexibility index (Phi) is 5.18. The number of phenolic OH excluding ortho intramolecular Hbond substituents is 1. The molecule has 0 bridgehead atoms. The number of aromatic nitrogens is 4. The number of aromatic hydroxyl groups is 1. The van der Waals surface area contributed by atoms with Crippen molar-refractivity contribution in [3.63, 3.8) is 0 Å². The fraction of sp³-hybridized carbons (Fsp3) is 0.111. The molecule has 0 atom stereocenters. The molecule has 1 aliphatic rings. The van der Waals surface area contributed by atoms with Gasteiger partial charge >= 0.3 is 0 Å². The third-order valence-electron chi connectivity index (χ3n) is 5.24. The second-order valence-electron chi connectivity index (χ2n) is 8.42. The van der Waals surface area contributed by atoms with Crippen LogP contribution in [0.15, 0.2) is 91.3 Å². The van der Waals surface area contributed by atoms with Gasteiger partial charge in [-0.2, -0.15) is 0 Å². The molecular weight excluding hydrogens is 412 g/mol. The Morgan fingerprint density at radius 2 is 1.24 bits per heavy atom. The monoisotopic (exact) mass is 434 g/mol. The van der Waals surface area contributed by atoms with E-state index in [0.717, 1.165) is 16.7 Å². The van der Waals surface area contributed by atoms with Crippen LogP contribution in [0.4, 0.5) is 0 Å². The van der Waals surface area contributed by atoms with E-state index >= 15 is 0 Å². The summed E-state index contributed by atoms with van der Waals surface area (Å²) < 4.78 is 5.86. The smallest absolute Gasteiger partial charge is 0.164 e. The maximum atomic E-state index is 9.43. The maximum Gasteiger partial charge on any atom is 0.164 e. The summed E-state index contributed by atoms with van der Waals surface area (Å²) in [6, 6.07) is 18.0. The van der Waals surface area contributed by atoms with Gasteiger partial charge in [0, 0.05) is 34.5 Å². The summed E-state index contributed by atoms with van der Waals surface area (Å²) in [5.41, 5.74) is 2.68. The standard InChI is InChI=1S/C27H22N4O2/c1-27(2)14-11-20(17-27)26-30-24(29-25(31-26)19-12-15-28-16-13-19)18-3-7-22(8-4-18)33-23-9-5-21(32)6-10-23/h3-17,32H,1-2H3. The van der Waals surface area contributed by atoms with Crippen molar-refractivity contribution in [2.45, 2.75) is 13.8 Å². The van der Waals surface area contributed by atoms with Gasteiger partial charge in [-0.15, -0.1) is 0 Å². The normalized spacial score (nSPS) is 14.2. The van der Waals surface area contributed by atoms with Crippen molar-refractivity contribution in [3.05, 3.63) is 97.1 Å². The Hall–Kier alpha value is -4.32. The van der Waals surface area contributed by atoms with E-state index in [1.165, 1.54) is 0 Å². The fourth-order valence-electron chi connectivity index (χ4n) is 3.53. The van der Waals surface area contributed by atoms with Crippen LogP contribution in [0.25, 0.3) is 28.3 Å². The number of nitrogens with zero attached hydrogens (tertiary/aromatic N) is 4. The van der Waals surface area contributed by atoms with Gasteiger partial charge in [0.1, 0.15) is 17.2 Å². The van der Waals surface area contributed by atoms with Crippen molar-refractivity contribution in [2.75, 3.05) is 0 Å². The number of rotatable bonds is 5. The van der Waals surface area contributed by atoms with Crippen molar-refractivity contribution < 1.29 is 9.84 Å². The Bertz CT molecular complexity index is 1340. The van der Waals surface area contributed by atoms with E-state index in [2.05, 4.69) is 37.1 Å². The minimum Gasteiger partial charge on any atom is -0.508 e. The largest absolute Gasteiger partial charge is 0.508 e. The van der Waals surface area contributed by atoms with Crippen LogP contribution in [0.2, 0.25) is 0 Å². The summed E-state index contributed by atoms with van der Waals surface area (Å²) in [5.74, 6) is 3.34. The van der Waals surface area contributed by atoms with Gasteiger partial charge in [0.15, 0.2) is 17.5 Å².